The van der Waals surface area contributed by atoms with E-state index in [-0.39, 0.29) is 0 Å². The van der Waals surface area contributed by atoms with Crippen LogP contribution in [0.15, 0.2) is 84.9 Å². The van der Waals surface area contributed by atoms with Crippen LogP contribution < -0.4 is 10.6 Å². The van der Waals surface area contributed by atoms with Gasteiger partial charge in [-0.05, 0) is 24.1 Å². The van der Waals surface area contributed by atoms with Crippen LogP contribution >= 0.6 is 11.6 Å². The summed E-state index contributed by atoms with van der Waals surface area (Å²) in [5, 5.41) is 6.00. The molecular weight excluding hydrogens is 426 g/mol. The quantitative estimate of drug-likeness (QED) is 0.560. The summed E-state index contributed by atoms with van der Waals surface area (Å²) in [5.41, 5.74) is 0.929. The molecule has 2 N–H and O–H groups in total. The SMILES string of the molecule is C[C@@]1(c2ccccc2Cl)NC(=O)N(CC(=O)NC(c2ccccc2)c2ccccc2)C1=O. The number of carbonyl (C=O) groups excluding carboxylic acids is 3. The van der Waals surface area contributed by atoms with Gasteiger partial charge >= 0.3 is 6.03 Å². The Morgan fingerprint density at radius 2 is 1.47 bits per heavy atom. The van der Waals surface area contributed by atoms with Crippen molar-refractivity contribution in [3.63, 3.8) is 0 Å². The summed E-state index contributed by atoms with van der Waals surface area (Å²) in [4.78, 5) is 39.6. The summed E-state index contributed by atoms with van der Waals surface area (Å²) in [5.74, 6) is -0.976. The maximum atomic E-state index is 13.2. The van der Waals surface area contributed by atoms with Crippen molar-refractivity contribution >= 4 is 29.4 Å². The number of halogens is 1. The third-order valence-electron chi connectivity index (χ3n) is 5.56. The highest BCUT2D eigenvalue weighted by Crippen LogP contribution is 2.33. The van der Waals surface area contributed by atoms with Crippen molar-refractivity contribution in [3.05, 3.63) is 107 Å². The maximum absolute atomic E-state index is 13.2. The molecule has 0 bridgehead atoms. The van der Waals surface area contributed by atoms with E-state index in [0.29, 0.717) is 10.6 Å². The Morgan fingerprint density at radius 3 is 2.03 bits per heavy atom. The molecular formula is C25H22ClN3O3. The van der Waals surface area contributed by atoms with Crippen LogP contribution in [0.25, 0.3) is 0 Å². The molecule has 3 aromatic carbocycles. The standard InChI is InChI=1S/C25H22ClN3O3/c1-25(19-14-8-9-15-20(19)26)23(31)29(24(32)28-25)16-21(30)27-22(17-10-4-2-5-11-17)18-12-6-3-7-13-18/h2-15,22H,16H2,1H3,(H,27,30)(H,28,32)/t25-/m0/s1. The summed E-state index contributed by atoms with van der Waals surface area (Å²) in [6, 6.07) is 24.8. The first-order chi connectivity index (χ1) is 15.4. The topological polar surface area (TPSA) is 78.5 Å². The largest absolute Gasteiger partial charge is 0.344 e. The summed E-state index contributed by atoms with van der Waals surface area (Å²) >= 11 is 6.26. The summed E-state index contributed by atoms with van der Waals surface area (Å²) < 4.78 is 0. The molecule has 4 rings (SSSR count). The van der Waals surface area contributed by atoms with Crippen LogP contribution in [-0.2, 0) is 15.1 Å². The number of rotatable bonds is 6. The van der Waals surface area contributed by atoms with Gasteiger partial charge in [0.15, 0.2) is 0 Å². The zero-order valence-electron chi connectivity index (χ0n) is 17.4. The van der Waals surface area contributed by atoms with Crippen LogP contribution in [0.5, 0.6) is 0 Å². The third-order valence-corrected chi connectivity index (χ3v) is 5.89. The fourth-order valence-corrected chi connectivity index (χ4v) is 4.21. The number of hydrogen-bond acceptors (Lipinski definition) is 3. The van der Waals surface area contributed by atoms with E-state index in [1.165, 1.54) is 0 Å². The average Bonchev–Trinajstić information content (AvgIpc) is 3.02. The van der Waals surface area contributed by atoms with Gasteiger partial charge in [-0.2, -0.15) is 0 Å². The van der Waals surface area contributed by atoms with Gasteiger partial charge in [0, 0.05) is 10.6 Å². The third kappa shape index (κ3) is 4.09. The highest BCUT2D eigenvalue weighted by Gasteiger charge is 2.50. The predicted octanol–water partition coefficient (Wildman–Crippen LogP) is 4.01. The first-order valence-electron chi connectivity index (χ1n) is 10.2. The van der Waals surface area contributed by atoms with Gasteiger partial charge in [-0.25, -0.2) is 4.79 Å². The second kappa shape index (κ2) is 8.85. The van der Waals surface area contributed by atoms with E-state index >= 15 is 0 Å². The number of urea groups is 1. The second-order valence-electron chi connectivity index (χ2n) is 7.75. The van der Waals surface area contributed by atoms with Gasteiger partial charge in [-0.3, -0.25) is 14.5 Å². The molecule has 1 saturated heterocycles. The van der Waals surface area contributed by atoms with Crippen LogP contribution in [0.3, 0.4) is 0 Å². The molecule has 0 aliphatic carbocycles. The molecule has 0 saturated carbocycles. The van der Waals surface area contributed by atoms with Crippen LogP contribution in [-0.4, -0.2) is 29.3 Å². The van der Waals surface area contributed by atoms with Gasteiger partial charge in [0.1, 0.15) is 12.1 Å². The van der Waals surface area contributed by atoms with Crippen molar-refractivity contribution in [2.75, 3.05) is 6.54 Å². The molecule has 3 aromatic rings. The Bertz CT molecular complexity index is 1110. The van der Waals surface area contributed by atoms with Crippen LogP contribution in [0, 0.1) is 0 Å². The number of imide groups is 1. The summed E-state index contributed by atoms with van der Waals surface area (Å²) in [6.07, 6.45) is 0. The van der Waals surface area contributed by atoms with Gasteiger partial charge in [0.25, 0.3) is 5.91 Å². The number of amides is 4. The van der Waals surface area contributed by atoms with Crippen molar-refractivity contribution in [3.8, 4) is 0 Å². The normalized spacial score (nSPS) is 18.0. The molecule has 1 heterocycles. The molecule has 1 fully saturated rings. The highest BCUT2D eigenvalue weighted by atomic mass is 35.5. The average molecular weight is 448 g/mol. The van der Waals surface area contributed by atoms with E-state index in [2.05, 4.69) is 10.6 Å². The lowest BCUT2D eigenvalue weighted by Crippen LogP contribution is -2.44. The number of carbonyl (C=O) groups is 3. The molecule has 0 spiro atoms. The smallest absolute Gasteiger partial charge is 0.325 e. The lowest BCUT2D eigenvalue weighted by atomic mass is 9.92. The molecule has 0 aromatic heterocycles. The Labute approximate surface area is 191 Å². The van der Waals surface area contributed by atoms with E-state index in [0.717, 1.165) is 16.0 Å². The highest BCUT2D eigenvalue weighted by molar-refractivity contribution is 6.32. The van der Waals surface area contributed by atoms with E-state index in [1.807, 2.05) is 60.7 Å². The molecule has 0 radical (unpaired) electrons. The van der Waals surface area contributed by atoms with E-state index < -0.39 is 36.0 Å². The second-order valence-corrected chi connectivity index (χ2v) is 8.16. The van der Waals surface area contributed by atoms with Gasteiger partial charge in [0.05, 0.1) is 6.04 Å². The Balaban J connectivity index is 1.55. The molecule has 1 aliphatic heterocycles. The van der Waals surface area contributed by atoms with Crippen molar-refractivity contribution in [1.29, 1.82) is 0 Å². The van der Waals surface area contributed by atoms with Crippen LogP contribution in [0.4, 0.5) is 4.79 Å². The molecule has 7 heteroatoms. The molecule has 32 heavy (non-hydrogen) atoms. The van der Waals surface area contributed by atoms with Gasteiger partial charge in [0.2, 0.25) is 5.91 Å². The van der Waals surface area contributed by atoms with Crippen LogP contribution in [0.1, 0.15) is 29.7 Å². The van der Waals surface area contributed by atoms with Gasteiger partial charge in [-0.1, -0.05) is 90.5 Å². The minimum Gasteiger partial charge on any atom is -0.344 e. The van der Waals surface area contributed by atoms with Crippen molar-refractivity contribution in [1.82, 2.24) is 15.5 Å². The van der Waals surface area contributed by atoms with Gasteiger partial charge < -0.3 is 10.6 Å². The van der Waals surface area contributed by atoms with E-state index in [9.17, 15) is 14.4 Å². The molecule has 1 aliphatic rings. The minimum atomic E-state index is -1.34. The number of hydrogen-bond donors (Lipinski definition) is 2. The van der Waals surface area contributed by atoms with Crippen LogP contribution in [0.2, 0.25) is 5.02 Å². The van der Waals surface area contributed by atoms with Crippen molar-refractivity contribution in [2.24, 2.45) is 0 Å². The zero-order valence-corrected chi connectivity index (χ0v) is 18.2. The lowest BCUT2D eigenvalue weighted by Gasteiger charge is -2.24. The molecule has 6 nitrogen and oxygen atoms in total. The predicted molar refractivity (Wildman–Crippen MR) is 122 cm³/mol. The van der Waals surface area contributed by atoms with Crippen molar-refractivity contribution in [2.45, 2.75) is 18.5 Å². The Kier molecular flexibility index (Phi) is 5.97. The van der Waals surface area contributed by atoms with Crippen molar-refractivity contribution < 1.29 is 14.4 Å². The monoisotopic (exact) mass is 447 g/mol. The van der Waals surface area contributed by atoms with E-state index in [4.69, 9.17) is 11.6 Å². The number of nitrogens with zero attached hydrogens (tertiary/aromatic N) is 1. The summed E-state index contributed by atoms with van der Waals surface area (Å²) in [7, 11) is 0. The first kappa shape index (κ1) is 21.6. The first-order valence-corrected chi connectivity index (χ1v) is 10.6. The molecule has 162 valence electrons. The fourth-order valence-electron chi connectivity index (χ4n) is 3.89. The number of benzene rings is 3. The number of nitrogens with one attached hydrogen (secondary N) is 2. The molecule has 0 unspecified atom stereocenters. The Morgan fingerprint density at radius 1 is 0.938 bits per heavy atom. The lowest BCUT2D eigenvalue weighted by molar-refractivity contribution is -0.135. The maximum Gasteiger partial charge on any atom is 0.325 e. The van der Waals surface area contributed by atoms with Gasteiger partial charge in [-0.15, -0.1) is 0 Å². The Hall–Kier alpha value is -3.64. The summed E-state index contributed by atoms with van der Waals surface area (Å²) in [6.45, 7) is 1.18. The zero-order chi connectivity index (χ0) is 22.7. The molecule has 1 atom stereocenters. The van der Waals surface area contributed by atoms with E-state index in [1.54, 1.807) is 31.2 Å². The fraction of sp³-hybridized carbons (Fsp3) is 0.160. The minimum absolute atomic E-state index is 0.364. The molecule has 4 amide bonds.